The van der Waals surface area contributed by atoms with Gasteiger partial charge in [-0.05, 0) is 24.8 Å². The summed E-state index contributed by atoms with van der Waals surface area (Å²) in [6, 6.07) is 1.46. The summed E-state index contributed by atoms with van der Waals surface area (Å²) in [5.74, 6) is 0.0589. The molecule has 0 aromatic carbocycles. The minimum absolute atomic E-state index is 0.187. The smallest absolute Gasteiger partial charge is 0.259 e. The number of hydrogen-bond donors (Lipinski definition) is 1. The van der Waals surface area contributed by atoms with E-state index in [0.29, 0.717) is 10.9 Å². The highest BCUT2D eigenvalue weighted by atomic mass is 35.5. The van der Waals surface area contributed by atoms with Crippen LogP contribution in [-0.4, -0.2) is 34.0 Å². The van der Waals surface area contributed by atoms with E-state index in [1.807, 2.05) is 0 Å². The van der Waals surface area contributed by atoms with Crippen LogP contribution in [0.5, 0.6) is 5.88 Å². The minimum atomic E-state index is -0.252. The molecular formula is C12H15ClN2O2. The van der Waals surface area contributed by atoms with Gasteiger partial charge in [-0.15, -0.1) is 0 Å². The van der Waals surface area contributed by atoms with Crippen molar-refractivity contribution in [3.05, 3.63) is 22.8 Å². The molecule has 1 amide bonds. The fraction of sp³-hybridized carbons (Fsp3) is 0.500. The molecule has 5 heteroatoms. The van der Waals surface area contributed by atoms with Gasteiger partial charge in [-0.3, -0.25) is 4.79 Å². The lowest BCUT2D eigenvalue weighted by Crippen LogP contribution is -2.39. The second-order valence-corrected chi connectivity index (χ2v) is 4.96. The van der Waals surface area contributed by atoms with Crippen LogP contribution in [0.4, 0.5) is 0 Å². The molecule has 1 aliphatic heterocycles. The molecule has 0 unspecified atom stereocenters. The zero-order chi connectivity index (χ0) is 12.4. The Balaban J connectivity index is 2.21. The first kappa shape index (κ1) is 12.2. The van der Waals surface area contributed by atoms with Crippen molar-refractivity contribution < 1.29 is 9.90 Å². The number of rotatable bonds is 1. The normalized spacial score (nSPS) is 20.4. The highest BCUT2D eigenvalue weighted by Gasteiger charge is 2.24. The fourth-order valence-corrected chi connectivity index (χ4v) is 2.29. The number of nitrogens with zero attached hydrogens (tertiary/aromatic N) is 2. The summed E-state index contributed by atoms with van der Waals surface area (Å²) in [5, 5.41) is 9.94. The largest absolute Gasteiger partial charge is 0.493 e. The number of pyridine rings is 1. The average Bonchev–Trinajstić information content (AvgIpc) is 2.31. The van der Waals surface area contributed by atoms with Crippen LogP contribution in [0.25, 0.3) is 0 Å². The molecule has 2 heterocycles. The van der Waals surface area contributed by atoms with Crippen LogP contribution in [0.2, 0.25) is 5.02 Å². The van der Waals surface area contributed by atoms with Crippen LogP contribution in [-0.2, 0) is 0 Å². The predicted octanol–water partition coefficient (Wildman–Crippen LogP) is 2.31. The predicted molar refractivity (Wildman–Crippen MR) is 65.2 cm³/mol. The molecule has 1 aromatic heterocycles. The van der Waals surface area contributed by atoms with Gasteiger partial charge in [0.05, 0.1) is 5.02 Å². The van der Waals surface area contributed by atoms with Crippen molar-refractivity contribution in [1.82, 2.24) is 9.88 Å². The summed E-state index contributed by atoms with van der Waals surface area (Å²) in [6.07, 6.45) is 3.47. The van der Waals surface area contributed by atoms with Gasteiger partial charge in [0.2, 0.25) is 5.88 Å². The molecule has 17 heavy (non-hydrogen) atoms. The minimum Gasteiger partial charge on any atom is -0.493 e. The molecule has 0 radical (unpaired) electrons. The molecule has 0 aliphatic carbocycles. The Morgan fingerprint density at radius 3 is 3.12 bits per heavy atom. The van der Waals surface area contributed by atoms with Crippen molar-refractivity contribution in [2.75, 3.05) is 13.1 Å². The number of carbonyl (C=O) groups excluding carboxylic acids is 1. The lowest BCUT2D eigenvalue weighted by atomic mass is 10.00. The fourth-order valence-electron chi connectivity index (χ4n) is 2.13. The Morgan fingerprint density at radius 2 is 2.41 bits per heavy atom. The van der Waals surface area contributed by atoms with E-state index in [-0.39, 0.29) is 17.4 Å². The third kappa shape index (κ3) is 2.69. The van der Waals surface area contributed by atoms with Crippen LogP contribution >= 0.6 is 11.6 Å². The van der Waals surface area contributed by atoms with Gasteiger partial charge in [0, 0.05) is 19.3 Å². The molecule has 1 aromatic rings. The van der Waals surface area contributed by atoms with E-state index in [4.69, 9.17) is 11.6 Å². The van der Waals surface area contributed by atoms with Gasteiger partial charge in [-0.1, -0.05) is 18.5 Å². The highest BCUT2D eigenvalue weighted by Crippen LogP contribution is 2.23. The van der Waals surface area contributed by atoms with E-state index in [2.05, 4.69) is 11.9 Å². The van der Waals surface area contributed by atoms with E-state index in [1.54, 1.807) is 4.90 Å². The number of hydrogen-bond acceptors (Lipinski definition) is 3. The van der Waals surface area contributed by atoms with E-state index in [0.717, 1.165) is 25.9 Å². The number of aromatic nitrogens is 1. The van der Waals surface area contributed by atoms with E-state index < -0.39 is 0 Å². The van der Waals surface area contributed by atoms with Crippen molar-refractivity contribution in [2.24, 2.45) is 5.92 Å². The van der Waals surface area contributed by atoms with Gasteiger partial charge in [0.15, 0.2) is 0 Å². The van der Waals surface area contributed by atoms with Crippen LogP contribution in [0.15, 0.2) is 12.3 Å². The topological polar surface area (TPSA) is 53.4 Å². The number of amides is 1. The molecule has 2 rings (SSSR count). The summed E-state index contributed by atoms with van der Waals surface area (Å²) in [7, 11) is 0. The van der Waals surface area contributed by atoms with E-state index >= 15 is 0 Å². The van der Waals surface area contributed by atoms with Gasteiger partial charge < -0.3 is 10.0 Å². The summed E-state index contributed by atoms with van der Waals surface area (Å²) in [6.45, 7) is 3.58. The Kier molecular flexibility index (Phi) is 3.52. The second-order valence-electron chi connectivity index (χ2n) is 4.52. The highest BCUT2D eigenvalue weighted by molar-refractivity contribution is 6.30. The first-order valence-corrected chi connectivity index (χ1v) is 6.09. The molecule has 1 saturated heterocycles. The summed E-state index contributed by atoms with van der Waals surface area (Å²) in [5.41, 5.74) is 0.187. The first-order chi connectivity index (χ1) is 8.08. The van der Waals surface area contributed by atoms with Crippen LogP contribution in [0.1, 0.15) is 30.1 Å². The zero-order valence-corrected chi connectivity index (χ0v) is 10.4. The maximum absolute atomic E-state index is 12.2. The summed E-state index contributed by atoms with van der Waals surface area (Å²) < 4.78 is 0. The number of likely N-dealkylation sites (tertiary alicyclic amines) is 1. The van der Waals surface area contributed by atoms with Crippen molar-refractivity contribution in [3.63, 3.8) is 0 Å². The van der Waals surface area contributed by atoms with E-state index in [1.165, 1.54) is 12.3 Å². The molecule has 0 spiro atoms. The molecule has 4 nitrogen and oxygen atoms in total. The quantitative estimate of drug-likeness (QED) is 0.837. The maximum atomic E-state index is 12.2. The number of halogens is 1. The van der Waals surface area contributed by atoms with Crippen molar-refractivity contribution in [2.45, 2.75) is 19.8 Å². The molecule has 1 atom stereocenters. The Hall–Kier alpha value is -1.29. The zero-order valence-electron chi connectivity index (χ0n) is 9.69. The van der Waals surface area contributed by atoms with Crippen molar-refractivity contribution >= 4 is 17.5 Å². The SMILES string of the molecule is C[C@@H]1CCCN(C(=O)c2cc(Cl)cnc2O)C1. The standard InChI is InChI=1S/C12H15ClN2O2/c1-8-3-2-4-15(7-8)12(17)10-5-9(13)6-14-11(10)16/h5-6,8H,2-4,7H2,1H3,(H,14,16)/t8-/m1/s1. The number of carbonyl (C=O) groups is 1. The monoisotopic (exact) mass is 254 g/mol. The van der Waals surface area contributed by atoms with Crippen LogP contribution in [0, 0.1) is 5.92 Å². The average molecular weight is 255 g/mol. The Bertz CT molecular complexity index is 437. The summed E-state index contributed by atoms with van der Waals surface area (Å²) >= 11 is 5.78. The molecule has 1 N–H and O–H groups in total. The third-order valence-electron chi connectivity index (χ3n) is 3.01. The Morgan fingerprint density at radius 1 is 1.65 bits per heavy atom. The second kappa shape index (κ2) is 4.92. The number of aromatic hydroxyl groups is 1. The lowest BCUT2D eigenvalue weighted by molar-refractivity contribution is 0.0679. The molecule has 0 bridgehead atoms. The van der Waals surface area contributed by atoms with Gasteiger partial charge in [-0.25, -0.2) is 4.98 Å². The molecule has 1 fully saturated rings. The van der Waals surface area contributed by atoms with Crippen LogP contribution < -0.4 is 0 Å². The molecular weight excluding hydrogens is 240 g/mol. The number of piperidine rings is 1. The first-order valence-electron chi connectivity index (χ1n) is 5.71. The van der Waals surface area contributed by atoms with Crippen LogP contribution in [0.3, 0.4) is 0 Å². The van der Waals surface area contributed by atoms with Gasteiger partial charge in [0.25, 0.3) is 5.91 Å². The van der Waals surface area contributed by atoms with Crippen molar-refractivity contribution in [3.8, 4) is 5.88 Å². The Labute approximate surface area is 105 Å². The van der Waals surface area contributed by atoms with E-state index in [9.17, 15) is 9.90 Å². The molecule has 0 saturated carbocycles. The summed E-state index contributed by atoms with van der Waals surface area (Å²) in [4.78, 5) is 17.6. The van der Waals surface area contributed by atoms with Crippen molar-refractivity contribution in [1.29, 1.82) is 0 Å². The lowest BCUT2D eigenvalue weighted by Gasteiger charge is -2.31. The molecule has 1 aliphatic rings. The van der Waals surface area contributed by atoms with Gasteiger partial charge >= 0.3 is 0 Å². The molecule has 92 valence electrons. The maximum Gasteiger partial charge on any atom is 0.259 e. The van der Waals surface area contributed by atoms with Gasteiger partial charge in [0.1, 0.15) is 5.56 Å². The third-order valence-corrected chi connectivity index (χ3v) is 3.21. The van der Waals surface area contributed by atoms with Gasteiger partial charge in [-0.2, -0.15) is 0 Å².